The molecule has 2 heterocycles. The molecule has 38 heavy (non-hydrogen) atoms. The van der Waals surface area contributed by atoms with E-state index in [1.54, 1.807) is 16.2 Å². The van der Waals surface area contributed by atoms with E-state index >= 15 is 0 Å². The lowest BCUT2D eigenvalue weighted by atomic mass is 9.62. The first kappa shape index (κ1) is 23.5. The molecule has 7 rings (SSSR count). The minimum absolute atomic E-state index is 0.0660. The fourth-order valence-electron chi connectivity index (χ4n) is 6.57. The molecule has 0 N–H and O–H groups in total. The zero-order chi connectivity index (χ0) is 25.5. The summed E-state index contributed by atoms with van der Waals surface area (Å²) in [6.45, 7) is 0.638. The van der Waals surface area contributed by atoms with Gasteiger partial charge in [0, 0.05) is 22.3 Å². The molecule has 3 aromatic carbocycles. The second-order valence-electron chi connectivity index (χ2n) is 10.7. The average molecular weight is 519 g/mol. The minimum atomic E-state index is -0.142. The van der Waals surface area contributed by atoms with Gasteiger partial charge in [0.05, 0.1) is 12.2 Å². The molecule has 1 fully saturated rings. The van der Waals surface area contributed by atoms with Gasteiger partial charge in [0.25, 0.3) is 5.56 Å². The highest BCUT2D eigenvalue weighted by molar-refractivity contribution is 7.98. The summed E-state index contributed by atoms with van der Waals surface area (Å²) in [5.74, 6) is 1.36. The van der Waals surface area contributed by atoms with Crippen LogP contribution in [-0.4, -0.2) is 19.2 Å². The van der Waals surface area contributed by atoms with Crippen LogP contribution in [0.15, 0.2) is 94.9 Å². The second-order valence-corrected chi connectivity index (χ2v) is 11.6. The highest BCUT2D eigenvalue weighted by atomic mass is 32.2. The molecular weight excluding hydrogens is 488 g/mol. The van der Waals surface area contributed by atoms with E-state index in [1.807, 2.05) is 24.3 Å². The van der Waals surface area contributed by atoms with E-state index in [0.29, 0.717) is 17.5 Å². The van der Waals surface area contributed by atoms with Crippen LogP contribution in [0.3, 0.4) is 0 Å². The van der Waals surface area contributed by atoms with Crippen molar-refractivity contribution in [1.82, 2.24) is 19.2 Å². The van der Waals surface area contributed by atoms with Gasteiger partial charge in [-0.2, -0.15) is 0 Å². The number of hydrogen-bond acceptors (Lipinski definition) is 4. The monoisotopic (exact) mass is 518 g/mol. The maximum atomic E-state index is 14.6. The Hall–Kier alpha value is -3.64. The molecule has 0 unspecified atom stereocenters. The molecule has 2 aliphatic carbocycles. The van der Waals surface area contributed by atoms with Crippen molar-refractivity contribution in [2.75, 3.05) is 0 Å². The Balaban J connectivity index is 1.49. The third kappa shape index (κ3) is 3.90. The molecule has 0 atom stereocenters. The van der Waals surface area contributed by atoms with Crippen molar-refractivity contribution in [3.63, 3.8) is 0 Å². The van der Waals surface area contributed by atoms with Crippen molar-refractivity contribution in [1.29, 1.82) is 0 Å². The number of fused-ring (bicyclic) bond motifs is 5. The van der Waals surface area contributed by atoms with Gasteiger partial charge in [0.2, 0.25) is 5.78 Å². The zero-order valence-corrected chi connectivity index (χ0v) is 22.2. The first-order valence-corrected chi connectivity index (χ1v) is 14.5. The van der Waals surface area contributed by atoms with Crippen molar-refractivity contribution in [3.05, 3.63) is 118 Å². The molecule has 1 spiro atoms. The Labute approximate surface area is 226 Å². The third-order valence-corrected chi connectivity index (χ3v) is 9.32. The van der Waals surface area contributed by atoms with E-state index in [4.69, 9.17) is 0 Å². The normalized spacial score (nSPS) is 15.9. The Kier molecular flexibility index (Phi) is 5.92. The lowest BCUT2D eigenvalue weighted by Crippen LogP contribution is -2.43. The standard InChI is InChI=1S/C32H30N4OS/c37-29-27-28(26-17-9-8-16-25(26)20-32(27)18-10-3-11-19-32)35(21-23-12-4-1-5-13-23)30-33-34-31(36(29)30)38-22-24-14-6-2-7-15-24/h1-2,4-9,12-17H,3,10-11,18-22H2. The average Bonchev–Trinajstić information content (AvgIpc) is 3.40. The van der Waals surface area contributed by atoms with Crippen molar-refractivity contribution in [3.8, 4) is 11.3 Å². The quantitative estimate of drug-likeness (QED) is 0.244. The van der Waals surface area contributed by atoms with Crippen LogP contribution < -0.4 is 5.56 Å². The van der Waals surface area contributed by atoms with Gasteiger partial charge < -0.3 is 4.57 Å². The van der Waals surface area contributed by atoms with Crippen molar-refractivity contribution in [2.24, 2.45) is 0 Å². The Morgan fingerprint density at radius 1 is 0.789 bits per heavy atom. The maximum Gasteiger partial charge on any atom is 0.265 e. The van der Waals surface area contributed by atoms with Gasteiger partial charge in [-0.15, -0.1) is 10.2 Å². The van der Waals surface area contributed by atoms with E-state index in [2.05, 4.69) is 75.4 Å². The highest BCUT2D eigenvalue weighted by Crippen LogP contribution is 2.49. The SMILES string of the molecule is O=c1c2c(n(Cc3ccccc3)c3nnc(SCc4ccccc4)n13)-c1ccccc1CC21CCCCC1. The number of hydrogen-bond donors (Lipinski definition) is 0. The van der Waals surface area contributed by atoms with Gasteiger partial charge in [-0.05, 0) is 36.0 Å². The van der Waals surface area contributed by atoms with Crippen LogP contribution in [0.1, 0.15) is 54.4 Å². The molecule has 0 amide bonds. The highest BCUT2D eigenvalue weighted by Gasteiger charge is 2.44. The van der Waals surface area contributed by atoms with Crippen LogP contribution >= 0.6 is 11.8 Å². The van der Waals surface area contributed by atoms with Gasteiger partial charge in [0.1, 0.15) is 0 Å². The van der Waals surface area contributed by atoms with Gasteiger partial charge in [-0.1, -0.05) is 116 Å². The van der Waals surface area contributed by atoms with Crippen LogP contribution in [0.25, 0.3) is 17.0 Å². The fourth-order valence-corrected chi connectivity index (χ4v) is 7.45. The number of nitrogens with zero attached hydrogens (tertiary/aromatic N) is 4. The maximum absolute atomic E-state index is 14.6. The number of aromatic nitrogens is 4. The van der Waals surface area contributed by atoms with Gasteiger partial charge in [-0.3, -0.25) is 4.79 Å². The van der Waals surface area contributed by atoms with Gasteiger partial charge in [-0.25, -0.2) is 4.40 Å². The fraction of sp³-hybridized carbons (Fsp3) is 0.281. The number of thioether (sulfide) groups is 1. The van der Waals surface area contributed by atoms with Crippen LogP contribution in [-0.2, 0) is 24.1 Å². The summed E-state index contributed by atoms with van der Waals surface area (Å²) in [7, 11) is 0. The first-order valence-electron chi connectivity index (χ1n) is 13.5. The summed E-state index contributed by atoms with van der Waals surface area (Å²) in [6.07, 6.45) is 6.59. The molecule has 0 bridgehead atoms. The lowest BCUT2D eigenvalue weighted by molar-refractivity contribution is 0.283. The molecular formula is C32H30N4OS. The van der Waals surface area contributed by atoms with Gasteiger partial charge in [0.15, 0.2) is 5.16 Å². The molecule has 190 valence electrons. The summed E-state index contributed by atoms with van der Waals surface area (Å²) >= 11 is 1.59. The summed E-state index contributed by atoms with van der Waals surface area (Å²) in [5, 5.41) is 9.92. The molecule has 5 nitrogen and oxygen atoms in total. The van der Waals surface area contributed by atoms with Crippen molar-refractivity contribution in [2.45, 2.75) is 61.4 Å². The summed E-state index contributed by atoms with van der Waals surface area (Å²) in [4.78, 5) is 14.6. The molecule has 2 aromatic heterocycles. The van der Waals surface area contributed by atoms with E-state index in [1.165, 1.54) is 23.1 Å². The smallest absolute Gasteiger partial charge is 0.265 e. The predicted octanol–water partition coefficient (Wildman–Crippen LogP) is 6.66. The molecule has 0 saturated heterocycles. The van der Waals surface area contributed by atoms with E-state index in [-0.39, 0.29) is 11.0 Å². The molecule has 1 saturated carbocycles. The van der Waals surface area contributed by atoms with Gasteiger partial charge >= 0.3 is 0 Å². The Morgan fingerprint density at radius 3 is 2.24 bits per heavy atom. The Morgan fingerprint density at radius 2 is 1.47 bits per heavy atom. The molecule has 5 aromatic rings. The van der Waals surface area contributed by atoms with Crippen LogP contribution in [0.5, 0.6) is 0 Å². The topological polar surface area (TPSA) is 52.2 Å². The lowest BCUT2D eigenvalue weighted by Gasteiger charge is -2.43. The van der Waals surface area contributed by atoms with E-state index < -0.39 is 0 Å². The third-order valence-electron chi connectivity index (χ3n) is 8.32. The summed E-state index contributed by atoms with van der Waals surface area (Å²) in [6, 6.07) is 29.5. The molecule has 2 aliphatic rings. The minimum Gasteiger partial charge on any atom is -0.305 e. The van der Waals surface area contributed by atoms with Crippen LogP contribution in [0.2, 0.25) is 0 Å². The second kappa shape index (κ2) is 9.59. The summed E-state index contributed by atoms with van der Waals surface area (Å²) < 4.78 is 4.07. The van der Waals surface area contributed by atoms with Crippen LogP contribution in [0.4, 0.5) is 0 Å². The Bertz CT molecular complexity index is 1670. The predicted molar refractivity (Wildman–Crippen MR) is 153 cm³/mol. The number of benzene rings is 3. The molecule has 6 heteroatoms. The zero-order valence-electron chi connectivity index (χ0n) is 21.3. The molecule has 0 radical (unpaired) electrons. The van der Waals surface area contributed by atoms with E-state index in [0.717, 1.165) is 54.7 Å². The number of rotatable bonds is 5. The summed E-state index contributed by atoms with van der Waals surface area (Å²) in [5.41, 5.74) is 6.83. The first-order chi connectivity index (χ1) is 18.7. The van der Waals surface area contributed by atoms with Crippen molar-refractivity contribution >= 4 is 17.5 Å². The van der Waals surface area contributed by atoms with Crippen LogP contribution in [0, 0.1) is 0 Å². The van der Waals surface area contributed by atoms with Crippen molar-refractivity contribution < 1.29 is 0 Å². The molecule has 0 aliphatic heterocycles. The largest absolute Gasteiger partial charge is 0.305 e. The van der Waals surface area contributed by atoms with E-state index in [9.17, 15) is 4.79 Å².